The normalized spacial score (nSPS) is 12.1. The van der Waals surface area contributed by atoms with Gasteiger partial charge in [0.05, 0.1) is 23.0 Å². The van der Waals surface area contributed by atoms with Gasteiger partial charge >= 0.3 is 0 Å². The Balaban J connectivity index is 2.38. The van der Waals surface area contributed by atoms with E-state index in [0.29, 0.717) is 18.2 Å². The number of nitrogens with zero attached hydrogens (tertiary/aromatic N) is 4. The number of hydrogen-bond donors (Lipinski definition) is 1. The van der Waals surface area contributed by atoms with E-state index < -0.39 is 0 Å². The highest BCUT2D eigenvalue weighted by atomic mass is 15.2. The SMILES string of the molecule is CC(C#N)CN(C)c1nc2ccccc2nc1N. The Hall–Kier alpha value is -2.35. The van der Waals surface area contributed by atoms with Crippen molar-refractivity contribution in [3.05, 3.63) is 24.3 Å². The molecule has 1 heterocycles. The number of hydrogen-bond acceptors (Lipinski definition) is 5. The van der Waals surface area contributed by atoms with Crippen LogP contribution in [0.4, 0.5) is 11.6 Å². The average molecular weight is 241 g/mol. The van der Waals surface area contributed by atoms with Crippen LogP contribution in [0, 0.1) is 17.2 Å². The third-order valence-corrected chi connectivity index (χ3v) is 2.71. The van der Waals surface area contributed by atoms with E-state index in [1.54, 1.807) is 0 Å². The summed E-state index contributed by atoms with van der Waals surface area (Å²) >= 11 is 0. The smallest absolute Gasteiger partial charge is 0.171 e. The Kier molecular flexibility index (Phi) is 3.28. The lowest BCUT2D eigenvalue weighted by atomic mass is 10.2. The molecule has 0 aliphatic carbocycles. The number of fused-ring (bicyclic) bond motifs is 1. The fourth-order valence-electron chi connectivity index (χ4n) is 1.82. The van der Waals surface area contributed by atoms with Crippen molar-refractivity contribution in [1.82, 2.24) is 9.97 Å². The van der Waals surface area contributed by atoms with Crippen molar-refractivity contribution in [2.45, 2.75) is 6.92 Å². The fourth-order valence-corrected chi connectivity index (χ4v) is 1.82. The first-order chi connectivity index (χ1) is 8.61. The predicted octanol–water partition coefficient (Wildman–Crippen LogP) is 1.81. The highest BCUT2D eigenvalue weighted by Gasteiger charge is 2.12. The van der Waals surface area contributed by atoms with Crippen LogP contribution >= 0.6 is 0 Å². The van der Waals surface area contributed by atoms with E-state index in [1.807, 2.05) is 43.1 Å². The third kappa shape index (κ3) is 2.33. The van der Waals surface area contributed by atoms with Crippen molar-refractivity contribution in [1.29, 1.82) is 5.26 Å². The minimum Gasteiger partial charge on any atom is -0.381 e. The van der Waals surface area contributed by atoms with Crippen LogP contribution in [-0.4, -0.2) is 23.6 Å². The molecule has 1 atom stereocenters. The Morgan fingerprint density at radius 3 is 2.56 bits per heavy atom. The molecule has 0 fully saturated rings. The van der Waals surface area contributed by atoms with Crippen LogP contribution in [0.5, 0.6) is 0 Å². The van der Waals surface area contributed by atoms with Gasteiger partial charge in [0, 0.05) is 13.6 Å². The topological polar surface area (TPSA) is 78.8 Å². The summed E-state index contributed by atoms with van der Waals surface area (Å²) in [5.41, 5.74) is 7.49. The van der Waals surface area contributed by atoms with E-state index in [1.165, 1.54) is 0 Å². The quantitative estimate of drug-likeness (QED) is 0.886. The van der Waals surface area contributed by atoms with Crippen LogP contribution in [0.1, 0.15) is 6.92 Å². The van der Waals surface area contributed by atoms with E-state index in [-0.39, 0.29) is 5.92 Å². The Labute approximate surface area is 106 Å². The maximum absolute atomic E-state index is 8.83. The Morgan fingerprint density at radius 1 is 1.33 bits per heavy atom. The second-order valence-electron chi connectivity index (χ2n) is 4.33. The fraction of sp³-hybridized carbons (Fsp3) is 0.308. The highest BCUT2D eigenvalue weighted by molar-refractivity contribution is 5.79. The molecule has 2 rings (SSSR count). The molecule has 1 unspecified atom stereocenters. The van der Waals surface area contributed by atoms with Gasteiger partial charge in [0.2, 0.25) is 0 Å². The molecule has 0 saturated heterocycles. The predicted molar refractivity (Wildman–Crippen MR) is 72.0 cm³/mol. The van der Waals surface area contributed by atoms with Crippen LogP contribution in [-0.2, 0) is 0 Å². The van der Waals surface area contributed by atoms with E-state index in [0.717, 1.165) is 11.0 Å². The number of benzene rings is 1. The number of aromatic nitrogens is 2. The second kappa shape index (κ2) is 4.88. The summed E-state index contributed by atoms with van der Waals surface area (Å²) in [5.74, 6) is 0.930. The van der Waals surface area contributed by atoms with Crippen molar-refractivity contribution >= 4 is 22.7 Å². The molecule has 2 N–H and O–H groups in total. The van der Waals surface area contributed by atoms with Gasteiger partial charge < -0.3 is 10.6 Å². The molecular formula is C13H15N5. The standard InChI is InChI=1S/C13H15N5/c1-9(7-14)8-18(2)13-12(15)16-10-5-3-4-6-11(10)17-13/h3-6,9H,8H2,1-2H3,(H2,15,16). The molecule has 0 bridgehead atoms. The van der Waals surface area contributed by atoms with Gasteiger partial charge in [-0.2, -0.15) is 5.26 Å². The van der Waals surface area contributed by atoms with Crippen molar-refractivity contribution in [3.63, 3.8) is 0 Å². The van der Waals surface area contributed by atoms with Crippen LogP contribution in [0.15, 0.2) is 24.3 Å². The molecule has 0 saturated carbocycles. The lowest BCUT2D eigenvalue weighted by molar-refractivity contribution is 0.711. The molecule has 5 heteroatoms. The summed E-state index contributed by atoms with van der Waals surface area (Å²) in [6, 6.07) is 9.77. The minimum absolute atomic E-state index is 0.0809. The van der Waals surface area contributed by atoms with Gasteiger partial charge in [0.1, 0.15) is 0 Å². The summed E-state index contributed by atoms with van der Waals surface area (Å²) in [7, 11) is 1.86. The molecule has 1 aromatic heterocycles. The largest absolute Gasteiger partial charge is 0.381 e. The minimum atomic E-state index is -0.0809. The van der Waals surface area contributed by atoms with Crippen LogP contribution < -0.4 is 10.6 Å². The van der Waals surface area contributed by atoms with E-state index >= 15 is 0 Å². The van der Waals surface area contributed by atoms with Gasteiger partial charge in [-0.05, 0) is 19.1 Å². The van der Waals surface area contributed by atoms with E-state index in [9.17, 15) is 0 Å². The maximum atomic E-state index is 8.83. The van der Waals surface area contributed by atoms with Gasteiger partial charge in [0.25, 0.3) is 0 Å². The summed E-state index contributed by atoms with van der Waals surface area (Å²) in [4.78, 5) is 10.7. The zero-order chi connectivity index (χ0) is 13.1. The summed E-state index contributed by atoms with van der Waals surface area (Å²) in [5, 5.41) is 8.83. The molecule has 0 aliphatic rings. The lowest BCUT2D eigenvalue weighted by Gasteiger charge is -2.20. The van der Waals surface area contributed by atoms with Crippen molar-refractivity contribution in [2.75, 3.05) is 24.2 Å². The first kappa shape index (κ1) is 12.1. The number of anilines is 2. The summed E-state index contributed by atoms with van der Waals surface area (Å²) in [6.07, 6.45) is 0. The number of para-hydroxylation sites is 2. The number of nitrogens with two attached hydrogens (primary N) is 1. The summed E-state index contributed by atoms with van der Waals surface area (Å²) in [6.45, 7) is 2.44. The van der Waals surface area contributed by atoms with Crippen LogP contribution in [0.25, 0.3) is 11.0 Å². The Morgan fingerprint density at radius 2 is 1.94 bits per heavy atom. The van der Waals surface area contributed by atoms with Crippen molar-refractivity contribution < 1.29 is 0 Å². The van der Waals surface area contributed by atoms with Gasteiger partial charge in [-0.3, -0.25) is 0 Å². The van der Waals surface area contributed by atoms with E-state index in [2.05, 4.69) is 16.0 Å². The molecule has 2 aromatic rings. The first-order valence-electron chi connectivity index (χ1n) is 5.75. The maximum Gasteiger partial charge on any atom is 0.171 e. The number of nitrogen functional groups attached to an aromatic ring is 1. The monoisotopic (exact) mass is 241 g/mol. The molecule has 0 spiro atoms. The summed E-state index contributed by atoms with van der Waals surface area (Å²) < 4.78 is 0. The molecule has 18 heavy (non-hydrogen) atoms. The average Bonchev–Trinajstić information content (AvgIpc) is 2.37. The molecule has 1 aromatic carbocycles. The van der Waals surface area contributed by atoms with Crippen LogP contribution in [0.2, 0.25) is 0 Å². The zero-order valence-electron chi connectivity index (χ0n) is 10.5. The van der Waals surface area contributed by atoms with Crippen LogP contribution in [0.3, 0.4) is 0 Å². The molecular weight excluding hydrogens is 226 g/mol. The van der Waals surface area contributed by atoms with Gasteiger partial charge in [-0.1, -0.05) is 12.1 Å². The second-order valence-corrected chi connectivity index (χ2v) is 4.33. The van der Waals surface area contributed by atoms with Crippen molar-refractivity contribution in [2.24, 2.45) is 5.92 Å². The molecule has 92 valence electrons. The van der Waals surface area contributed by atoms with Gasteiger partial charge in [0.15, 0.2) is 11.6 Å². The van der Waals surface area contributed by atoms with Gasteiger partial charge in [-0.15, -0.1) is 0 Å². The van der Waals surface area contributed by atoms with Gasteiger partial charge in [-0.25, -0.2) is 9.97 Å². The van der Waals surface area contributed by atoms with E-state index in [4.69, 9.17) is 11.0 Å². The zero-order valence-corrected chi connectivity index (χ0v) is 10.5. The molecule has 0 radical (unpaired) electrons. The third-order valence-electron chi connectivity index (χ3n) is 2.71. The number of nitriles is 1. The molecule has 0 amide bonds. The first-order valence-corrected chi connectivity index (χ1v) is 5.75. The Bertz CT molecular complexity index is 602. The molecule has 5 nitrogen and oxygen atoms in total. The highest BCUT2D eigenvalue weighted by Crippen LogP contribution is 2.21. The molecule has 0 aliphatic heterocycles. The lowest BCUT2D eigenvalue weighted by Crippen LogP contribution is -2.25. The number of rotatable bonds is 3. The van der Waals surface area contributed by atoms with Crippen molar-refractivity contribution in [3.8, 4) is 6.07 Å².